The molecule has 0 bridgehead atoms. The minimum absolute atomic E-state index is 0.280. The number of hydrogen-bond donors (Lipinski definition) is 1. The lowest BCUT2D eigenvalue weighted by Gasteiger charge is -2.14. The van der Waals surface area contributed by atoms with E-state index in [-0.39, 0.29) is 6.07 Å². The smallest absolute Gasteiger partial charge is 0.503 e. The van der Waals surface area contributed by atoms with E-state index in [0.29, 0.717) is 0 Å². The van der Waals surface area contributed by atoms with Crippen LogP contribution < -0.4 is 4.74 Å². The Kier molecular flexibility index (Phi) is 3.78. The molecule has 1 N–H and O–H groups in total. The maximum absolute atomic E-state index is 12.4. The summed E-state index contributed by atoms with van der Waals surface area (Å²) < 4.78 is 76.2. The highest BCUT2D eigenvalue weighted by Gasteiger charge is 2.38. The molecule has 1 rings (SSSR count). The van der Waals surface area contributed by atoms with Crippen LogP contribution in [0.1, 0.15) is 11.3 Å². The fourth-order valence-electron chi connectivity index (χ4n) is 1.11. The van der Waals surface area contributed by atoms with E-state index in [1.54, 1.807) is 0 Å². The van der Waals surface area contributed by atoms with Crippen LogP contribution in [0.2, 0.25) is 0 Å². The molecule has 0 saturated heterocycles. The highest BCUT2D eigenvalue weighted by molar-refractivity contribution is 5.44. The van der Waals surface area contributed by atoms with E-state index in [1.807, 2.05) is 0 Å². The molecule has 0 aliphatic carbocycles. The molecule has 0 saturated carbocycles. The van der Waals surface area contributed by atoms with Crippen molar-refractivity contribution in [2.45, 2.75) is 19.0 Å². The summed E-state index contributed by atoms with van der Waals surface area (Å²) in [5.74, 6) is -2.90. The van der Waals surface area contributed by atoms with Crippen molar-refractivity contribution in [3.05, 3.63) is 17.3 Å². The predicted octanol–water partition coefficient (Wildman–Crippen LogP) is 2.77. The van der Waals surface area contributed by atoms with Gasteiger partial charge in [-0.2, -0.15) is 18.4 Å². The van der Waals surface area contributed by atoms with Crippen LogP contribution in [0.4, 0.5) is 26.3 Å². The van der Waals surface area contributed by atoms with E-state index >= 15 is 0 Å². The van der Waals surface area contributed by atoms with Crippen LogP contribution in [0, 0.1) is 11.3 Å². The van der Waals surface area contributed by atoms with Crippen molar-refractivity contribution in [1.29, 1.82) is 5.26 Å². The quantitative estimate of drug-likeness (QED) is 0.849. The molecule has 0 fully saturated rings. The average Bonchev–Trinajstić information content (AvgIpc) is 2.20. The molecule has 0 spiro atoms. The van der Waals surface area contributed by atoms with Gasteiger partial charge in [-0.25, -0.2) is 4.98 Å². The fourth-order valence-corrected chi connectivity index (χ4v) is 1.11. The Morgan fingerprint density at radius 2 is 1.84 bits per heavy atom. The highest BCUT2D eigenvalue weighted by Crippen LogP contribution is 2.37. The summed E-state index contributed by atoms with van der Waals surface area (Å²) in [7, 11) is 0. The van der Waals surface area contributed by atoms with Crippen LogP contribution >= 0.6 is 0 Å². The van der Waals surface area contributed by atoms with Crippen LogP contribution in [0.25, 0.3) is 0 Å². The zero-order valence-corrected chi connectivity index (χ0v) is 8.80. The lowest BCUT2D eigenvalue weighted by Crippen LogP contribution is -2.20. The topological polar surface area (TPSA) is 66.1 Å². The Balaban J connectivity index is 3.37. The van der Waals surface area contributed by atoms with Crippen LogP contribution in [0.3, 0.4) is 0 Å². The zero-order chi connectivity index (χ0) is 14.8. The van der Waals surface area contributed by atoms with Crippen molar-refractivity contribution in [3.8, 4) is 17.7 Å². The summed E-state index contributed by atoms with van der Waals surface area (Å²) in [4.78, 5) is 2.55. The third kappa shape index (κ3) is 3.90. The average molecular weight is 286 g/mol. The summed E-state index contributed by atoms with van der Waals surface area (Å²) in [6.45, 7) is 0. The molecule has 0 aliphatic rings. The molecule has 4 nitrogen and oxygen atoms in total. The fraction of sp³-hybridized carbons (Fsp3) is 0.333. The largest absolute Gasteiger partial charge is 0.574 e. The first-order valence-electron chi connectivity index (χ1n) is 4.47. The van der Waals surface area contributed by atoms with E-state index in [0.717, 1.165) is 0 Å². The van der Waals surface area contributed by atoms with Gasteiger partial charge in [-0.3, -0.25) is 0 Å². The summed E-state index contributed by atoms with van der Waals surface area (Å²) in [6.07, 6.45) is -11.1. The predicted molar refractivity (Wildman–Crippen MR) is 46.9 cm³/mol. The molecule has 0 amide bonds. The first-order chi connectivity index (χ1) is 8.54. The lowest BCUT2D eigenvalue weighted by atomic mass is 10.1. The Labute approximate surface area is 101 Å². The molecule has 0 radical (unpaired) electrons. The van der Waals surface area contributed by atoms with Gasteiger partial charge < -0.3 is 9.84 Å². The number of aromatic hydroxyl groups is 1. The van der Waals surface area contributed by atoms with Crippen molar-refractivity contribution in [3.63, 3.8) is 0 Å². The number of halogens is 6. The third-order valence-electron chi connectivity index (χ3n) is 1.81. The molecule has 0 unspecified atom stereocenters. The second-order valence-electron chi connectivity index (χ2n) is 3.20. The molecule has 0 atom stereocenters. The van der Waals surface area contributed by atoms with Gasteiger partial charge in [0, 0.05) is 5.56 Å². The first kappa shape index (κ1) is 14.9. The number of nitriles is 1. The molecular formula is C9H4F6N2O2. The zero-order valence-electron chi connectivity index (χ0n) is 8.80. The highest BCUT2D eigenvalue weighted by atomic mass is 19.4. The number of nitrogens with zero attached hydrogens (tertiary/aromatic N) is 2. The molecule has 0 aliphatic heterocycles. The summed E-state index contributed by atoms with van der Waals surface area (Å²) in [6, 6.07) is 1.68. The van der Waals surface area contributed by atoms with E-state index in [9.17, 15) is 31.4 Å². The summed E-state index contributed by atoms with van der Waals surface area (Å²) in [5, 5.41) is 17.6. The van der Waals surface area contributed by atoms with Gasteiger partial charge in [-0.15, -0.1) is 13.2 Å². The van der Waals surface area contributed by atoms with E-state index in [1.165, 1.54) is 6.07 Å². The van der Waals surface area contributed by atoms with Crippen molar-refractivity contribution >= 4 is 0 Å². The van der Waals surface area contributed by atoms with Crippen LogP contribution in [0.5, 0.6) is 11.6 Å². The first-order valence-corrected chi connectivity index (χ1v) is 4.47. The number of pyridine rings is 1. The second-order valence-corrected chi connectivity index (χ2v) is 3.20. The van der Waals surface area contributed by atoms with Crippen molar-refractivity contribution in [2.24, 2.45) is 0 Å². The van der Waals surface area contributed by atoms with Gasteiger partial charge in [-0.1, -0.05) is 0 Å². The van der Waals surface area contributed by atoms with Gasteiger partial charge in [0.05, 0.1) is 12.5 Å². The van der Waals surface area contributed by atoms with Crippen molar-refractivity contribution in [2.75, 3.05) is 0 Å². The molecule has 1 heterocycles. The molecule has 19 heavy (non-hydrogen) atoms. The van der Waals surface area contributed by atoms with Gasteiger partial charge in [0.1, 0.15) is 5.69 Å². The van der Waals surface area contributed by atoms with E-state index in [2.05, 4.69) is 9.72 Å². The third-order valence-corrected chi connectivity index (χ3v) is 1.81. The maximum Gasteiger partial charge on any atom is 0.574 e. The second kappa shape index (κ2) is 4.83. The monoisotopic (exact) mass is 286 g/mol. The Hall–Kier alpha value is -2.18. The molecular weight excluding hydrogens is 282 g/mol. The van der Waals surface area contributed by atoms with Gasteiger partial charge in [0.25, 0.3) is 5.88 Å². The molecule has 10 heteroatoms. The molecule has 104 valence electrons. The number of aromatic nitrogens is 1. The number of alkyl halides is 6. The molecule has 1 aromatic heterocycles. The Morgan fingerprint density at radius 1 is 1.26 bits per heavy atom. The van der Waals surface area contributed by atoms with Gasteiger partial charge in [-0.05, 0) is 6.07 Å². The lowest BCUT2D eigenvalue weighted by molar-refractivity contribution is -0.277. The summed E-state index contributed by atoms with van der Waals surface area (Å²) in [5.41, 5.74) is -2.36. The van der Waals surface area contributed by atoms with Crippen LogP contribution in [-0.2, 0) is 12.6 Å². The minimum Gasteiger partial charge on any atom is -0.503 e. The Bertz CT molecular complexity index is 517. The van der Waals surface area contributed by atoms with E-state index in [4.69, 9.17) is 5.26 Å². The van der Waals surface area contributed by atoms with Crippen LogP contribution in [-0.4, -0.2) is 16.5 Å². The van der Waals surface area contributed by atoms with E-state index < -0.39 is 41.8 Å². The normalized spacial score (nSPS) is 12.1. The standard InChI is InChI=1S/C9H4F6N2O2/c10-8(11,12)5-3-4(1-2-16)6(18)7(17-5)19-9(13,14)15/h3,18H,1H2. The van der Waals surface area contributed by atoms with Crippen molar-refractivity contribution in [1.82, 2.24) is 4.98 Å². The molecule has 1 aromatic rings. The minimum atomic E-state index is -5.32. The number of rotatable bonds is 2. The maximum atomic E-state index is 12.4. The van der Waals surface area contributed by atoms with Gasteiger partial charge in [0.15, 0.2) is 5.75 Å². The Morgan fingerprint density at radius 3 is 2.26 bits per heavy atom. The SMILES string of the molecule is N#CCc1cc(C(F)(F)F)nc(OC(F)(F)F)c1O. The molecule has 0 aromatic carbocycles. The van der Waals surface area contributed by atoms with Crippen molar-refractivity contribution < 1.29 is 36.2 Å². The number of hydrogen-bond acceptors (Lipinski definition) is 4. The van der Waals surface area contributed by atoms with Crippen LogP contribution in [0.15, 0.2) is 6.07 Å². The summed E-state index contributed by atoms with van der Waals surface area (Å²) >= 11 is 0. The van der Waals surface area contributed by atoms with Gasteiger partial charge in [0.2, 0.25) is 0 Å². The van der Waals surface area contributed by atoms with Gasteiger partial charge >= 0.3 is 12.5 Å². The number of ether oxygens (including phenoxy) is 1.